The second-order valence-corrected chi connectivity index (χ2v) is 8.74. The second-order valence-electron chi connectivity index (χ2n) is 8.40. The number of ether oxygens (including phenoxy) is 1. The lowest BCUT2D eigenvalue weighted by molar-refractivity contribution is 0.00578. The van der Waals surface area contributed by atoms with E-state index in [1.807, 2.05) is 71.0 Å². The van der Waals surface area contributed by atoms with Crippen molar-refractivity contribution in [3.05, 3.63) is 64.1 Å². The van der Waals surface area contributed by atoms with E-state index in [0.29, 0.717) is 11.2 Å². The molecule has 0 saturated carbocycles. The first-order valence-electron chi connectivity index (χ1n) is 10.1. The summed E-state index contributed by atoms with van der Waals surface area (Å²) in [6.45, 7) is 10.1. The Morgan fingerprint density at radius 1 is 1.19 bits per heavy atom. The van der Waals surface area contributed by atoms with Crippen LogP contribution in [0.25, 0.3) is 6.08 Å². The van der Waals surface area contributed by atoms with Crippen molar-refractivity contribution >= 4 is 30.9 Å². The number of nitrogens with zero attached hydrogens (tertiary/aromatic N) is 2. The first-order valence-corrected chi connectivity index (χ1v) is 10.4. The molecule has 1 N–H and O–H groups in total. The Balaban J connectivity index is 1.74. The monoisotopic (exact) mass is 443 g/mol. The minimum atomic E-state index is -0.644. The van der Waals surface area contributed by atoms with Crippen LogP contribution in [0.2, 0.25) is 5.28 Å². The molecule has 7 nitrogen and oxygen atoms in total. The summed E-state index contributed by atoms with van der Waals surface area (Å²) < 4.78 is 17.7. The lowest BCUT2D eigenvalue weighted by atomic mass is 9.77. The summed E-state index contributed by atoms with van der Waals surface area (Å²) >= 11 is 5.88. The highest BCUT2D eigenvalue weighted by Crippen LogP contribution is 2.38. The number of benzene rings is 1. The van der Waals surface area contributed by atoms with Crippen molar-refractivity contribution in [2.24, 2.45) is 0 Å². The summed E-state index contributed by atoms with van der Waals surface area (Å²) in [6, 6.07) is 9.49. The molecule has 2 heterocycles. The molecular weight excluding hydrogens is 417 g/mol. The van der Waals surface area contributed by atoms with Crippen LogP contribution in [0.3, 0.4) is 0 Å². The van der Waals surface area contributed by atoms with Gasteiger partial charge in [0.05, 0.1) is 11.2 Å². The topological polar surface area (TPSA) is 82.6 Å². The van der Waals surface area contributed by atoms with Crippen LogP contribution in [-0.4, -0.2) is 40.9 Å². The van der Waals surface area contributed by atoms with Crippen molar-refractivity contribution in [1.29, 1.82) is 0 Å². The smallest absolute Gasteiger partial charge is 0.445 e. The maximum atomic E-state index is 12.3. The van der Waals surface area contributed by atoms with Gasteiger partial charge in [0.2, 0.25) is 5.28 Å². The fraction of sp³-hybridized carbons (Fsp3) is 0.409. The fourth-order valence-corrected chi connectivity index (χ4v) is 3.11. The molecule has 3 rings (SSSR count). The largest absolute Gasteiger partial charge is 0.492 e. The highest BCUT2D eigenvalue weighted by atomic mass is 35.5. The van der Waals surface area contributed by atoms with Crippen LogP contribution in [0, 0.1) is 6.92 Å². The highest BCUT2D eigenvalue weighted by Gasteiger charge is 2.52. The Hall–Kier alpha value is -2.42. The second kappa shape index (κ2) is 9.38. The molecule has 0 atom stereocenters. The Morgan fingerprint density at radius 3 is 2.45 bits per heavy atom. The molecular formula is C22H27BClN3O4. The number of alkyl carbamates (subject to hydrolysis) is 1. The normalized spacial score (nSPS) is 17.5. The van der Waals surface area contributed by atoms with Crippen molar-refractivity contribution in [2.45, 2.75) is 52.4 Å². The number of rotatable bonds is 6. The fourth-order valence-electron chi connectivity index (χ4n) is 2.93. The highest BCUT2D eigenvalue weighted by molar-refractivity contribution is 6.56. The van der Waals surface area contributed by atoms with E-state index in [9.17, 15) is 4.79 Å². The maximum Gasteiger partial charge on any atom is 0.492 e. The van der Waals surface area contributed by atoms with Gasteiger partial charge in [0.25, 0.3) is 0 Å². The van der Waals surface area contributed by atoms with Gasteiger partial charge in [-0.3, -0.25) is 0 Å². The number of hydrogen-bond donors (Lipinski definition) is 1. The zero-order valence-corrected chi connectivity index (χ0v) is 19.2. The molecule has 1 aliphatic rings. The third kappa shape index (κ3) is 5.84. The van der Waals surface area contributed by atoms with Crippen LogP contribution in [0.15, 0.2) is 42.0 Å². The van der Waals surface area contributed by atoms with Gasteiger partial charge in [-0.25, -0.2) is 14.8 Å². The van der Waals surface area contributed by atoms with Gasteiger partial charge in [-0.05, 0) is 57.3 Å². The van der Waals surface area contributed by atoms with Gasteiger partial charge >= 0.3 is 13.2 Å². The van der Waals surface area contributed by atoms with Gasteiger partial charge in [0.15, 0.2) is 0 Å². The molecule has 2 aromatic rings. The Morgan fingerprint density at radius 2 is 1.84 bits per heavy atom. The van der Waals surface area contributed by atoms with Crippen molar-refractivity contribution in [3.8, 4) is 0 Å². The number of hydrogen-bond acceptors (Lipinski definition) is 6. The average Bonchev–Trinajstić information content (AvgIpc) is 2.93. The third-order valence-corrected chi connectivity index (χ3v) is 5.72. The number of aryl methyl sites for hydroxylation is 1. The van der Waals surface area contributed by atoms with Crippen LogP contribution in [0.1, 0.15) is 44.5 Å². The van der Waals surface area contributed by atoms with Gasteiger partial charge in [0, 0.05) is 24.0 Å². The summed E-state index contributed by atoms with van der Waals surface area (Å²) in [5.74, 6) is 0. The number of nitrogens with one attached hydrogen (secondary N) is 1. The van der Waals surface area contributed by atoms with E-state index in [1.165, 1.54) is 0 Å². The average molecular weight is 444 g/mol. The third-order valence-electron chi connectivity index (χ3n) is 5.53. The molecule has 0 bridgehead atoms. The number of carbonyl (C=O) groups is 1. The summed E-state index contributed by atoms with van der Waals surface area (Å²) in [6.07, 6.45) is 2.95. The van der Waals surface area contributed by atoms with Gasteiger partial charge in [-0.2, -0.15) is 0 Å². The van der Waals surface area contributed by atoms with Crippen LogP contribution in [0.5, 0.6) is 0 Å². The molecule has 1 amide bonds. The number of aromatic nitrogens is 2. The van der Waals surface area contributed by atoms with E-state index in [4.69, 9.17) is 25.6 Å². The lowest BCUT2D eigenvalue weighted by Crippen LogP contribution is -2.41. The number of halogens is 1. The summed E-state index contributed by atoms with van der Waals surface area (Å²) in [4.78, 5) is 20.5. The SMILES string of the molecule is Cc1nc(Cl)ncc1C=C(CNC(=O)OCc1ccccc1)B1OC(C)(C)C(C)(C)O1. The first kappa shape index (κ1) is 23.3. The van der Waals surface area contributed by atoms with Crippen molar-refractivity contribution in [1.82, 2.24) is 15.3 Å². The summed E-state index contributed by atoms with van der Waals surface area (Å²) in [5, 5.41) is 2.95. The molecule has 0 unspecified atom stereocenters. The predicted molar refractivity (Wildman–Crippen MR) is 120 cm³/mol. The van der Waals surface area contributed by atoms with Crippen LogP contribution in [0.4, 0.5) is 4.79 Å². The number of amides is 1. The van der Waals surface area contributed by atoms with E-state index in [1.54, 1.807) is 6.20 Å². The van der Waals surface area contributed by atoms with Crippen molar-refractivity contribution in [3.63, 3.8) is 0 Å². The zero-order valence-electron chi connectivity index (χ0n) is 18.4. The Kier molecular flexibility index (Phi) is 7.04. The van der Waals surface area contributed by atoms with Gasteiger partial charge < -0.3 is 19.4 Å². The van der Waals surface area contributed by atoms with E-state index < -0.39 is 24.4 Å². The molecule has 164 valence electrons. The molecule has 0 spiro atoms. The van der Waals surface area contributed by atoms with Crippen LogP contribution < -0.4 is 5.32 Å². The standard InChI is InChI=1S/C22H27BClN3O4/c1-15-17(12-25-19(24)27-15)11-18(23-30-21(2,3)22(4,5)31-23)13-26-20(28)29-14-16-9-7-6-8-10-16/h6-12H,13-14H2,1-5H3,(H,26,28). The quantitative estimate of drug-likeness (QED) is 0.527. The van der Waals surface area contributed by atoms with E-state index in [-0.39, 0.29) is 18.4 Å². The van der Waals surface area contributed by atoms with Crippen molar-refractivity contribution < 1.29 is 18.8 Å². The van der Waals surface area contributed by atoms with Gasteiger partial charge in [-0.1, -0.05) is 36.4 Å². The molecule has 0 aliphatic carbocycles. The lowest BCUT2D eigenvalue weighted by Gasteiger charge is -2.32. The van der Waals surface area contributed by atoms with Crippen LogP contribution in [-0.2, 0) is 20.7 Å². The molecule has 0 radical (unpaired) electrons. The molecule has 1 aromatic heterocycles. The van der Waals surface area contributed by atoms with Gasteiger partial charge in [-0.15, -0.1) is 0 Å². The summed E-state index contributed by atoms with van der Waals surface area (Å²) in [5.41, 5.74) is 2.05. The van der Waals surface area contributed by atoms with E-state index in [2.05, 4.69) is 15.3 Å². The maximum absolute atomic E-state index is 12.3. The minimum Gasteiger partial charge on any atom is -0.445 e. The number of carbonyl (C=O) groups excluding carboxylic acids is 1. The van der Waals surface area contributed by atoms with Crippen LogP contribution >= 0.6 is 11.6 Å². The molecule has 31 heavy (non-hydrogen) atoms. The molecule has 9 heteroatoms. The minimum absolute atomic E-state index is 0.173. The molecule has 1 saturated heterocycles. The van der Waals surface area contributed by atoms with E-state index >= 15 is 0 Å². The summed E-state index contributed by atoms with van der Waals surface area (Å²) in [7, 11) is -0.644. The van der Waals surface area contributed by atoms with Gasteiger partial charge in [0.1, 0.15) is 6.61 Å². The zero-order chi connectivity index (χ0) is 22.6. The molecule has 1 fully saturated rings. The Labute approximate surface area is 188 Å². The Bertz CT molecular complexity index is 950. The van der Waals surface area contributed by atoms with E-state index in [0.717, 1.165) is 11.1 Å². The first-order chi connectivity index (χ1) is 14.6. The predicted octanol–water partition coefficient (Wildman–Crippen LogP) is 4.38. The molecule has 1 aliphatic heterocycles. The molecule has 1 aromatic carbocycles. The van der Waals surface area contributed by atoms with Crippen molar-refractivity contribution in [2.75, 3.05) is 6.54 Å².